The van der Waals surface area contributed by atoms with E-state index in [4.69, 9.17) is 0 Å². The maximum absolute atomic E-state index is 12.3. The molecule has 2 rings (SSSR count). The van der Waals surface area contributed by atoms with Gasteiger partial charge in [0.1, 0.15) is 0 Å². The Bertz CT molecular complexity index is 369. The minimum Gasteiger partial charge on any atom is -0.481 e. The standard InChI is InChI=1S/C16H27NO3/c1-10-4-3-5-12(6-10)9-17-15(18)13-7-11(2)8-14(13)16(19)20/h10-14H,3-9H2,1-2H3,(H,17,18)(H,19,20). The van der Waals surface area contributed by atoms with Crippen molar-refractivity contribution < 1.29 is 14.7 Å². The minimum absolute atomic E-state index is 0.0417. The van der Waals surface area contributed by atoms with Crippen molar-refractivity contribution in [1.82, 2.24) is 5.32 Å². The van der Waals surface area contributed by atoms with Crippen molar-refractivity contribution in [2.75, 3.05) is 6.54 Å². The third kappa shape index (κ3) is 3.74. The molecule has 0 saturated heterocycles. The van der Waals surface area contributed by atoms with Crippen molar-refractivity contribution in [2.45, 2.75) is 52.4 Å². The van der Waals surface area contributed by atoms with Crippen LogP contribution in [0.15, 0.2) is 0 Å². The normalized spacial score (nSPS) is 37.6. The van der Waals surface area contributed by atoms with Crippen LogP contribution in [0.25, 0.3) is 0 Å². The third-order valence-corrected chi connectivity index (χ3v) is 5.06. The van der Waals surface area contributed by atoms with Crippen LogP contribution in [0.5, 0.6) is 0 Å². The number of carboxylic acid groups (broad SMARTS) is 1. The fourth-order valence-electron chi connectivity index (χ4n) is 3.98. The summed E-state index contributed by atoms with van der Waals surface area (Å²) in [5.41, 5.74) is 0. The summed E-state index contributed by atoms with van der Waals surface area (Å²) >= 11 is 0. The van der Waals surface area contributed by atoms with Gasteiger partial charge < -0.3 is 10.4 Å². The number of nitrogens with one attached hydrogen (secondary N) is 1. The van der Waals surface area contributed by atoms with E-state index in [1.165, 1.54) is 25.7 Å². The van der Waals surface area contributed by atoms with Crippen molar-refractivity contribution in [3.8, 4) is 0 Å². The van der Waals surface area contributed by atoms with Gasteiger partial charge in [-0.1, -0.05) is 26.7 Å². The van der Waals surface area contributed by atoms with Gasteiger partial charge in [0.15, 0.2) is 0 Å². The molecule has 2 aliphatic carbocycles. The monoisotopic (exact) mass is 281 g/mol. The third-order valence-electron chi connectivity index (χ3n) is 5.06. The van der Waals surface area contributed by atoms with Crippen molar-refractivity contribution in [3.63, 3.8) is 0 Å². The Kier molecular flexibility index (Phi) is 5.06. The van der Waals surface area contributed by atoms with Crippen LogP contribution in [-0.2, 0) is 9.59 Å². The first-order chi connectivity index (χ1) is 9.47. The fraction of sp³-hybridized carbons (Fsp3) is 0.875. The lowest BCUT2D eigenvalue weighted by Crippen LogP contribution is -2.38. The van der Waals surface area contributed by atoms with Crippen LogP contribution in [0.4, 0.5) is 0 Å². The molecule has 20 heavy (non-hydrogen) atoms. The summed E-state index contributed by atoms with van der Waals surface area (Å²) in [4.78, 5) is 23.5. The first-order valence-corrected chi connectivity index (χ1v) is 7.98. The lowest BCUT2D eigenvalue weighted by atomic mass is 9.82. The minimum atomic E-state index is -0.819. The van der Waals surface area contributed by atoms with Gasteiger partial charge in [-0.05, 0) is 43.4 Å². The summed E-state index contributed by atoms with van der Waals surface area (Å²) in [6.07, 6.45) is 6.26. The highest BCUT2D eigenvalue weighted by Crippen LogP contribution is 2.36. The molecule has 114 valence electrons. The van der Waals surface area contributed by atoms with Gasteiger partial charge in [-0.25, -0.2) is 0 Å². The highest BCUT2D eigenvalue weighted by atomic mass is 16.4. The molecule has 4 heteroatoms. The van der Waals surface area contributed by atoms with Gasteiger partial charge in [0.05, 0.1) is 11.8 Å². The predicted molar refractivity (Wildman–Crippen MR) is 77.1 cm³/mol. The molecule has 2 saturated carbocycles. The quantitative estimate of drug-likeness (QED) is 0.832. The Balaban J connectivity index is 1.83. The van der Waals surface area contributed by atoms with Gasteiger partial charge in [-0.3, -0.25) is 9.59 Å². The number of rotatable bonds is 4. The molecule has 0 aromatic rings. The molecule has 0 heterocycles. The van der Waals surface area contributed by atoms with E-state index in [1.54, 1.807) is 0 Å². The van der Waals surface area contributed by atoms with E-state index < -0.39 is 11.9 Å². The van der Waals surface area contributed by atoms with Gasteiger partial charge in [0.2, 0.25) is 5.91 Å². The summed E-state index contributed by atoms with van der Waals surface area (Å²) < 4.78 is 0. The van der Waals surface area contributed by atoms with Crippen LogP contribution in [-0.4, -0.2) is 23.5 Å². The molecule has 2 aliphatic rings. The van der Waals surface area contributed by atoms with E-state index in [2.05, 4.69) is 12.2 Å². The molecule has 4 nitrogen and oxygen atoms in total. The first kappa shape index (κ1) is 15.3. The molecule has 5 unspecified atom stereocenters. The summed E-state index contributed by atoms with van der Waals surface area (Å²) in [7, 11) is 0. The number of amides is 1. The molecule has 0 radical (unpaired) electrons. The Morgan fingerprint density at radius 1 is 1.05 bits per heavy atom. The number of aliphatic carboxylic acids is 1. The lowest BCUT2D eigenvalue weighted by Gasteiger charge is -2.27. The molecule has 0 aliphatic heterocycles. The van der Waals surface area contributed by atoms with Crippen LogP contribution in [0.1, 0.15) is 52.4 Å². The van der Waals surface area contributed by atoms with Crippen molar-refractivity contribution in [3.05, 3.63) is 0 Å². The van der Waals surface area contributed by atoms with Gasteiger partial charge in [0, 0.05) is 6.54 Å². The summed E-state index contributed by atoms with van der Waals surface area (Å²) in [5.74, 6) is -0.0187. The van der Waals surface area contributed by atoms with Crippen molar-refractivity contribution in [1.29, 1.82) is 0 Å². The number of carbonyl (C=O) groups excluding carboxylic acids is 1. The molecular weight excluding hydrogens is 254 g/mol. The average Bonchev–Trinajstić information content (AvgIpc) is 2.78. The second kappa shape index (κ2) is 6.59. The molecule has 2 N–H and O–H groups in total. The van der Waals surface area contributed by atoms with Gasteiger partial charge in [0.25, 0.3) is 0 Å². The van der Waals surface area contributed by atoms with E-state index >= 15 is 0 Å². The fourth-order valence-corrected chi connectivity index (χ4v) is 3.98. The number of carboxylic acids is 1. The van der Waals surface area contributed by atoms with Crippen LogP contribution in [0.2, 0.25) is 0 Å². The molecule has 0 aromatic heterocycles. The summed E-state index contributed by atoms with van der Waals surface area (Å²) in [5, 5.41) is 12.2. The largest absolute Gasteiger partial charge is 0.481 e. The van der Waals surface area contributed by atoms with Crippen LogP contribution in [0.3, 0.4) is 0 Å². The lowest BCUT2D eigenvalue weighted by molar-refractivity contribution is -0.146. The first-order valence-electron chi connectivity index (χ1n) is 7.98. The zero-order valence-corrected chi connectivity index (χ0v) is 12.6. The number of hydrogen-bond acceptors (Lipinski definition) is 2. The maximum atomic E-state index is 12.3. The van der Waals surface area contributed by atoms with E-state index in [-0.39, 0.29) is 11.8 Å². The Hall–Kier alpha value is -1.06. The summed E-state index contributed by atoms with van der Waals surface area (Å²) in [6.45, 7) is 5.03. The SMILES string of the molecule is CC1CCCC(CNC(=O)C2CC(C)CC2C(=O)O)C1. The predicted octanol–water partition coefficient (Wildman–Crippen LogP) is 2.68. The zero-order chi connectivity index (χ0) is 14.7. The maximum Gasteiger partial charge on any atom is 0.307 e. The molecule has 0 aromatic carbocycles. The Morgan fingerprint density at radius 2 is 1.75 bits per heavy atom. The molecule has 0 bridgehead atoms. The summed E-state index contributed by atoms with van der Waals surface area (Å²) in [6, 6.07) is 0. The van der Waals surface area contributed by atoms with E-state index in [0.29, 0.717) is 24.7 Å². The molecule has 0 spiro atoms. The van der Waals surface area contributed by atoms with Crippen LogP contribution < -0.4 is 5.32 Å². The highest BCUT2D eigenvalue weighted by Gasteiger charge is 2.41. The van der Waals surface area contributed by atoms with Crippen LogP contribution in [0, 0.1) is 29.6 Å². The zero-order valence-electron chi connectivity index (χ0n) is 12.6. The van der Waals surface area contributed by atoms with E-state index in [9.17, 15) is 14.7 Å². The second-order valence-corrected chi connectivity index (χ2v) is 7.01. The van der Waals surface area contributed by atoms with Crippen molar-refractivity contribution in [2.24, 2.45) is 29.6 Å². The highest BCUT2D eigenvalue weighted by molar-refractivity contribution is 5.85. The van der Waals surface area contributed by atoms with E-state index in [1.807, 2.05) is 6.92 Å². The number of carbonyl (C=O) groups is 2. The van der Waals surface area contributed by atoms with Gasteiger partial charge in [-0.15, -0.1) is 0 Å². The molecular formula is C16H27NO3. The van der Waals surface area contributed by atoms with Gasteiger partial charge in [-0.2, -0.15) is 0 Å². The number of hydrogen-bond donors (Lipinski definition) is 2. The second-order valence-electron chi connectivity index (χ2n) is 7.01. The van der Waals surface area contributed by atoms with Gasteiger partial charge >= 0.3 is 5.97 Å². The smallest absolute Gasteiger partial charge is 0.307 e. The average molecular weight is 281 g/mol. The van der Waals surface area contributed by atoms with Crippen molar-refractivity contribution >= 4 is 11.9 Å². The molecule has 5 atom stereocenters. The Morgan fingerprint density at radius 3 is 2.40 bits per heavy atom. The van der Waals surface area contributed by atoms with E-state index in [0.717, 1.165) is 12.5 Å². The molecule has 2 fully saturated rings. The molecule has 1 amide bonds. The Labute approximate surface area is 121 Å². The van der Waals surface area contributed by atoms with Crippen LogP contribution >= 0.6 is 0 Å². The topological polar surface area (TPSA) is 66.4 Å².